The van der Waals surface area contributed by atoms with Crippen molar-refractivity contribution in [3.8, 4) is 11.1 Å². The predicted molar refractivity (Wildman–Crippen MR) is 102 cm³/mol. The number of halogens is 2. The SMILES string of the molecule is Cc1cc(-c2ccc(CN3Cc4cccnc4C3=O)c(Cl)c2)cnc1Cl. The average molecular weight is 384 g/mol. The molecule has 0 atom stereocenters. The van der Waals surface area contributed by atoms with Gasteiger partial charge in [-0.2, -0.15) is 0 Å². The minimum absolute atomic E-state index is 0.0572. The Balaban J connectivity index is 1.58. The second-order valence-electron chi connectivity index (χ2n) is 6.31. The number of amides is 1. The largest absolute Gasteiger partial charge is 0.329 e. The molecular formula is C20H15Cl2N3O. The van der Waals surface area contributed by atoms with E-state index >= 15 is 0 Å². The van der Waals surface area contributed by atoms with E-state index in [0.29, 0.717) is 29.0 Å². The van der Waals surface area contributed by atoms with Crippen molar-refractivity contribution in [3.63, 3.8) is 0 Å². The lowest BCUT2D eigenvalue weighted by molar-refractivity contribution is 0.0762. The standard InChI is InChI=1S/C20H15Cl2N3O/c1-12-7-16(9-24-19(12)22)13-4-5-14(17(21)8-13)10-25-11-15-3-2-6-23-18(15)20(25)26/h2-9H,10-11H2,1H3. The molecule has 1 aliphatic rings. The lowest BCUT2D eigenvalue weighted by Gasteiger charge is -2.17. The Morgan fingerprint density at radius 3 is 2.69 bits per heavy atom. The van der Waals surface area contributed by atoms with Gasteiger partial charge in [-0.25, -0.2) is 4.98 Å². The van der Waals surface area contributed by atoms with Crippen LogP contribution in [0.4, 0.5) is 0 Å². The van der Waals surface area contributed by atoms with Crippen molar-refractivity contribution < 1.29 is 4.79 Å². The van der Waals surface area contributed by atoms with E-state index in [2.05, 4.69) is 9.97 Å². The second-order valence-corrected chi connectivity index (χ2v) is 7.08. The molecule has 0 aliphatic carbocycles. The van der Waals surface area contributed by atoms with Gasteiger partial charge in [0.05, 0.1) is 0 Å². The summed E-state index contributed by atoms with van der Waals surface area (Å²) in [6, 6.07) is 11.6. The van der Waals surface area contributed by atoms with E-state index in [9.17, 15) is 4.79 Å². The van der Waals surface area contributed by atoms with Crippen LogP contribution in [0.3, 0.4) is 0 Å². The van der Waals surface area contributed by atoms with Gasteiger partial charge in [-0.05, 0) is 41.8 Å². The number of hydrogen-bond donors (Lipinski definition) is 0. The zero-order valence-corrected chi connectivity index (χ0v) is 15.6. The maximum absolute atomic E-state index is 12.5. The topological polar surface area (TPSA) is 46.1 Å². The molecule has 6 heteroatoms. The number of nitrogens with zero attached hydrogens (tertiary/aromatic N) is 3. The lowest BCUT2D eigenvalue weighted by Crippen LogP contribution is -2.23. The highest BCUT2D eigenvalue weighted by molar-refractivity contribution is 6.31. The fraction of sp³-hybridized carbons (Fsp3) is 0.150. The quantitative estimate of drug-likeness (QED) is 0.603. The number of benzene rings is 1. The van der Waals surface area contributed by atoms with Crippen LogP contribution >= 0.6 is 23.2 Å². The van der Waals surface area contributed by atoms with E-state index < -0.39 is 0 Å². The molecule has 3 heterocycles. The summed E-state index contributed by atoms with van der Waals surface area (Å²) >= 11 is 12.5. The summed E-state index contributed by atoms with van der Waals surface area (Å²) in [5.74, 6) is -0.0572. The summed E-state index contributed by atoms with van der Waals surface area (Å²) in [6.45, 7) is 2.92. The van der Waals surface area contributed by atoms with Gasteiger partial charge in [0.25, 0.3) is 5.91 Å². The van der Waals surface area contributed by atoms with E-state index in [1.807, 2.05) is 43.3 Å². The first-order valence-electron chi connectivity index (χ1n) is 8.17. The van der Waals surface area contributed by atoms with Crippen LogP contribution in [0.15, 0.2) is 48.8 Å². The van der Waals surface area contributed by atoms with Crippen molar-refractivity contribution in [2.45, 2.75) is 20.0 Å². The van der Waals surface area contributed by atoms with Crippen LogP contribution in [-0.4, -0.2) is 20.8 Å². The van der Waals surface area contributed by atoms with Gasteiger partial charge in [0.15, 0.2) is 0 Å². The van der Waals surface area contributed by atoms with E-state index in [4.69, 9.17) is 23.2 Å². The fourth-order valence-electron chi connectivity index (χ4n) is 3.09. The van der Waals surface area contributed by atoms with Crippen LogP contribution in [-0.2, 0) is 13.1 Å². The molecular weight excluding hydrogens is 369 g/mol. The number of hydrogen-bond acceptors (Lipinski definition) is 3. The van der Waals surface area contributed by atoms with Crippen LogP contribution in [0.1, 0.15) is 27.2 Å². The van der Waals surface area contributed by atoms with Crippen molar-refractivity contribution in [3.05, 3.63) is 81.4 Å². The van der Waals surface area contributed by atoms with Gasteiger partial charge in [-0.1, -0.05) is 41.4 Å². The lowest BCUT2D eigenvalue weighted by atomic mass is 10.0. The number of carbonyl (C=O) groups is 1. The molecule has 4 nitrogen and oxygen atoms in total. The third kappa shape index (κ3) is 3.06. The van der Waals surface area contributed by atoms with Crippen LogP contribution < -0.4 is 0 Å². The van der Waals surface area contributed by atoms with Crippen LogP contribution in [0.2, 0.25) is 10.2 Å². The minimum atomic E-state index is -0.0572. The highest BCUT2D eigenvalue weighted by atomic mass is 35.5. The van der Waals surface area contributed by atoms with Crippen molar-refractivity contribution in [1.29, 1.82) is 0 Å². The van der Waals surface area contributed by atoms with Gasteiger partial charge in [0, 0.05) is 41.6 Å². The van der Waals surface area contributed by atoms with Gasteiger partial charge in [0.2, 0.25) is 0 Å². The maximum Gasteiger partial charge on any atom is 0.273 e. The summed E-state index contributed by atoms with van der Waals surface area (Å²) < 4.78 is 0. The highest BCUT2D eigenvalue weighted by Crippen LogP contribution is 2.30. The first-order valence-corrected chi connectivity index (χ1v) is 8.92. The molecule has 3 aromatic rings. The molecule has 0 radical (unpaired) electrons. The molecule has 0 saturated carbocycles. The third-order valence-electron chi connectivity index (χ3n) is 4.50. The van der Waals surface area contributed by atoms with Crippen molar-refractivity contribution in [2.75, 3.05) is 0 Å². The third-order valence-corrected chi connectivity index (χ3v) is 5.25. The molecule has 0 unspecified atom stereocenters. The van der Waals surface area contributed by atoms with Crippen LogP contribution in [0, 0.1) is 6.92 Å². The first kappa shape index (κ1) is 17.0. The van der Waals surface area contributed by atoms with Gasteiger partial charge < -0.3 is 4.90 Å². The molecule has 1 aromatic carbocycles. The first-order chi connectivity index (χ1) is 12.5. The molecule has 2 aromatic heterocycles. The Morgan fingerprint density at radius 2 is 1.96 bits per heavy atom. The highest BCUT2D eigenvalue weighted by Gasteiger charge is 2.28. The average Bonchev–Trinajstić information content (AvgIpc) is 2.95. The molecule has 0 N–H and O–H groups in total. The Bertz CT molecular complexity index is 1020. The number of aromatic nitrogens is 2. The maximum atomic E-state index is 12.5. The summed E-state index contributed by atoms with van der Waals surface area (Å²) in [5.41, 5.74) is 5.21. The zero-order valence-electron chi connectivity index (χ0n) is 14.0. The summed E-state index contributed by atoms with van der Waals surface area (Å²) in [7, 11) is 0. The van der Waals surface area contributed by atoms with Crippen molar-refractivity contribution in [1.82, 2.24) is 14.9 Å². The Morgan fingerprint density at radius 1 is 1.12 bits per heavy atom. The van der Waals surface area contributed by atoms with Crippen LogP contribution in [0.25, 0.3) is 11.1 Å². The minimum Gasteiger partial charge on any atom is -0.329 e. The normalized spacial score (nSPS) is 13.2. The molecule has 26 heavy (non-hydrogen) atoms. The Labute approximate surface area is 161 Å². The summed E-state index contributed by atoms with van der Waals surface area (Å²) in [4.78, 5) is 22.6. The molecule has 0 fully saturated rings. The fourth-order valence-corrected chi connectivity index (χ4v) is 3.43. The molecule has 130 valence electrons. The molecule has 0 bridgehead atoms. The molecule has 4 rings (SSSR count). The monoisotopic (exact) mass is 383 g/mol. The summed E-state index contributed by atoms with van der Waals surface area (Å²) in [6.07, 6.45) is 3.37. The zero-order chi connectivity index (χ0) is 18.3. The van der Waals surface area contributed by atoms with Gasteiger partial charge in [-0.15, -0.1) is 0 Å². The van der Waals surface area contributed by atoms with Gasteiger partial charge in [-0.3, -0.25) is 9.78 Å². The number of aryl methyl sites for hydroxylation is 1. The van der Waals surface area contributed by atoms with Gasteiger partial charge in [0.1, 0.15) is 10.8 Å². The second kappa shape index (κ2) is 6.71. The summed E-state index contributed by atoms with van der Waals surface area (Å²) in [5, 5.41) is 1.11. The molecule has 1 amide bonds. The molecule has 1 aliphatic heterocycles. The number of fused-ring (bicyclic) bond motifs is 1. The van der Waals surface area contributed by atoms with Gasteiger partial charge >= 0.3 is 0 Å². The van der Waals surface area contributed by atoms with E-state index in [1.165, 1.54) is 0 Å². The van der Waals surface area contributed by atoms with Crippen LogP contribution in [0.5, 0.6) is 0 Å². The number of pyridine rings is 2. The molecule has 0 spiro atoms. The van der Waals surface area contributed by atoms with E-state index in [0.717, 1.165) is 27.8 Å². The van der Waals surface area contributed by atoms with Crippen molar-refractivity contribution >= 4 is 29.1 Å². The Hall–Kier alpha value is -2.43. The Kier molecular flexibility index (Phi) is 4.39. The predicted octanol–water partition coefficient (Wildman–Crippen LogP) is 4.91. The van der Waals surface area contributed by atoms with Crippen molar-refractivity contribution in [2.24, 2.45) is 0 Å². The molecule has 0 saturated heterocycles. The smallest absolute Gasteiger partial charge is 0.273 e. The van der Waals surface area contributed by atoms with E-state index in [1.54, 1.807) is 17.3 Å². The van der Waals surface area contributed by atoms with E-state index in [-0.39, 0.29) is 5.91 Å². The number of carbonyl (C=O) groups excluding carboxylic acids is 1. The number of rotatable bonds is 3.